The standard InChI is InChI=1S/C19H24N2O3S2/c1-2-21-16-4-3-15(8-17(16)25-18(21)22)26(23,24)20-19-9-12-5-13(10-19)7-14(6-12)11-19/h3-4,8,12-14,20H,2,5-7,9-11H2,1H3. The highest BCUT2D eigenvalue weighted by molar-refractivity contribution is 7.89. The highest BCUT2D eigenvalue weighted by atomic mass is 32.2. The number of nitrogens with zero attached hydrogens (tertiary/aromatic N) is 1. The Hall–Kier alpha value is -1.18. The fourth-order valence-corrected chi connectivity index (χ4v) is 8.62. The summed E-state index contributed by atoms with van der Waals surface area (Å²) < 4.78 is 31.8. The topological polar surface area (TPSA) is 68.2 Å². The first-order valence-corrected chi connectivity index (χ1v) is 11.8. The Morgan fingerprint density at radius 3 is 2.35 bits per heavy atom. The Morgan fingerprint density at radius 2 is 1.77 bits per heavy atom. The van der Waals surface area contributed by atoms with Crippen LogP contribution in [0.2, 0.25) is 0 Å². The van der Waals surface area contributed by atoms with Crippen LogP contribution in [0.25, 0.3) is 10.2 Å². The van der Waals surface area contributed by atoms with Crippen molar-refractivity contribution in [1.29, 1.82) is 0 Å². The molecule has 1 heterocycles. The van der Waals surface area contributed by atoms with Gasteiger partial charge in [-0.15, -0.1) is 0 Å². The highest BCUT2D eigenvalue weighted by Crippen LogP contribution is 2.56. The van der Waals surface area contributed by atoms with Crippen LogP contribution < -0.4 is 9.60 Å². The van der Waals surface area contributed by atoms with E-state index in [1.807, 2.05) is 6.92 Å². The molecule has 4 saturated carbocycles. The van der Waals surface area contributed by atoms with Gasteiger partial charge in [0.15, 0.2) is 0 Å². The lowest BCUT2D eigenvalue weighted by atomic mass is 9.53. The zero-order chi connectivity index (χ0) is 18.1. The van der Waals surface area contributed by atoms with Gasteiger partial charge >= 0.3 is 4.87 Å². The molecular formula is C19H24N2O3S2. The maximum absolute atomic E-state index is 13.1. The molecule has 0 radical (unpaired) electrons. The molecule has 0 atom stereocenters. The van der Waals surface area contributed by atoms with E-state index in [1.165, 1.54) is 19.3 Å². The van der Waals surface area contributed by atoms with Crippen molar-refractivity contribution in [2.75, 3.05) is 0 Å². The number of nitrogens with one attached hydrogen (secondary N) is 1. The van der Waals surface area contributed by atoms with E-state index in [2.05, 4.69) is 4.72 Å². The lowest BCUT2D eigenvalue weighted by Gasteiger charge is -2.56. The molecule has 7 heteroatoms. The molecule has 0 aliphatic heterocycles. The van der Waals surface area contributed by atoms with Crippen LogP contribution in [0, 0.1) is 17.8 Å². The third-order valence-corrected chi connectivity index (χ3v) is 9.17. The Balaban J connectivity index is 1.49. The normalized spacial score (nSPS) is 33.2. The molecule has 1 N–H and O–H groups in total. The molecular weight excluding hydrogens is 368 g/mol. The SMILES string of the molecule is CCn1c(=O)sc2cc(S(=O)(=O)NC34CC5CC(CC(C5)C3)C4)ccc21. The average molecular weight is 393 g/mol. The van der Waals surface area contributed by atoms with Gasteiger partial charge in [0.25, 0.3) is 0 Å². The molecule has 0 unspecified atom stereocenters. The average Bonchev–Trinajstić information content (AvgIpc) is 2.86. The van der Waals surface area contributed by atoms with Gasteiger partial charge in [-0.05, 0) is 81.4 Å². The summed E-state index contributed by atoms with van der Waals surface area (Å²) in [6, 6.07) is 5.07. The van der Waals surface area contributed by atoms with E-state index in [1.54, 1.807) is 22.8 Å². The van der Waals surface area contributed by atoms with Crippen molar-refractivity contribution in [3.05, 3.63) is 27.9 Å². The third-order valence-electron chi connectivity index (χ3n) is 6.66. The third kappa shape index (κ3) is 2.59. The molecule has 0 spiro atoms. The summed E-state index contributed by atoms with van der Waals surface area (Å²) in [7, 11) is -3.58. The van der Waals surface area contributed by atoms with Crippen LogP contribution in [0.3, 0.4) is 0 Å². The lowest BCUT2D eigenvalue weighted by Crippen LogP contribution is -2.59. The molecule has 6 rings (SSSR count). The first-order chi connectivity index (χ1) is 12.4. The zero-order valence-electron chi connectivity index (χ0n) is 14.9. The number of sulfonamides is 1. The van der Waals surface area contributed by atoms with Gasteiger partial charge in [0.05, 0.1) is 15.1 Å². The second-order valence-corrected chi connectivity index (χ2v) is 11.2. The number of fused-ring (bicyclic) bond motifs is 1. The molecule has 140 valence electrons. The van der Waals surface area contributed by atoms with Crippen LogP contribution >= 0.6 is 11.3 Å². The second kappa shape index (κ2) is 5.66. The number of aryl methyl sites for hydroxylation is 1. The summed E-state index contributed by atoms with van der Waals surface area (Å²) in [5.74, 6) is 2.07. The van der Waals surface area contributed by atoms with Crippen molar-refractivity contribution in [2.45, 2.75) is 62.4 Å². The Kier molecular flexibility index (Phi) is 3.69. The number of aromatic nitrogens is 1. The van der Waals surface area contributed by atoms with Crippen molar-refractivity contribution in [3.8, 4) is 0 Å². The van der Waals surface area contributed by atoms with Crippen molar-refractivity contribution < 1.29 is 8.42 Å². The minimum atomic E-state index is -3.58. The molecule has 2 aromatic rings. The fraction of sp³-hybridized carbons (Fsp3) is 0.632. The van der Waals surface area contributed by atoms with E-state index in [-0.39, 0.29) is 15.3 Å². The maximum atomic E-state index is 13.1. The summed E-state index contributed by atoms with van der Waals surface area (Å²) in [5, 5.41) is 0. The second-order valence-electron chi connectivity index (χ2n) is 8.55. The molecule has 4 aliphatic carbocycles. The Labute approximate surface area is 157 Å². The Morgan fingerprint density at radius 1 is 1.15 bits per heavy atom. The van der Waals surface area contributed by atoms with E-state index >= 15 is 0 Å². The van der Waals surface area contributed by atoms with Crippen LogP contribution in [-0.4, -0.2) is 18.5 Å². The smallest absolute Gasteiger partial charge is 0.299 e. The molecule has 0 amide bonds. The summed E-state index contributed by atoms with van der Waals surface area (Å²) >= 11 is 1.12. The van der Waals surface area contributed by atoms with Gasteiger partial charge in [-0.1, -0.05) is 11.3 Å². The van der Waals surface area contributed by atoms with Crippen molar-refractivity contribution in [3.63, 3.8) is 0 Å². The summed E-state index contributed by atoms with van der Waals surface area (Å²) in [6.45, 7) is 2.52. The molecule has 26 heavy (non-hydrogen) atoms. The maximum Gasteiger partial charge on any atom is 0.308 e. The molecule has 0 saturated heterocycles. The predicted molar refractivity (Wildman–Crippen MR) is 103 cm³/mol. The quantitative estimate of drug-likeness (QED) is 0.868. The van der Waals surface area contributed by atoms with Crippen molar-refractivity contribution in [2.24, 2.45) is 17.8 Å². The van der Waals surface area contributed by atoms with Crippen molar-refractivity contribution in [1.82, 2.24) is 9.29 Å². The number of hydrogen-bond donors (Lipinski definition) is 1. The van der Waals surface area contributed by atoms with Crippen LogP contribution in [-0.2, 0) is 16.6 Å². The van der Waals surface area contributed by atoms with Crippen LogP contribution in [0.1, 0.15) is 45.4 Å². The molecule has 5 nitrogen and oxygen atoms in total. The summed E-state index contributed by atoms with van der Waals surface area (Å²) in [6.07, 6.45) is 6.81. The number of hydrogen-bond acceptors (Lipinski definition) is 4. The van der Waals surface area contributed by atoms with E-state index < -0.39 is 10.0 Å². The largest absolute Gasteiger partial charge is 0.308 e. The summed E-state index contributed by atoms with van der Waals surface area (Å²) in [4.78, 5) is 12.3. The highest BCUT2D eigenvalue weighted by Gasteiger charge is 2.52. The van der Waals surface area contributed by atoms with Gasteiger partial charge < -0.3 is 0 Å². The van der Waals surface area contributed by atoms with Crippen molar-refractivity contribution >= 4 is 31.6 Å². The predicted octanol–water partition coefficient (Wildman–Crippen LogP) is 3.33. The van der Waals surface area contributed by atoms with Crippen LogP contribution in [0.15, 0.2) is 27.9 Å². The molecule has 1 aromatic heterocycles. The van der Waals surface area contributed by atoms with E-state index in [0.29, 0.717) is 24.3 Å². The first-order valence-electron chi connectivity index (χ1n) is 9.55. The fourth-order valence-electron chi connectivity index (χ4n) is 6.09. The van der Waals surface area contributed by atoms with E-state index in [9.17, 15) is 13.2 Å². The Bertz CT molecular complexity index is 999. The van der Waals surface area contributed by atoms with E-state index in [0.717, 1.165) is 40.8 Å². The van der Waals surface area contributed by atoms with Gasteiger partial charge in [-0.25, -0.2) is 13.1 Å². The van der Waals surface area contributed by atoms with Gasteiger partial charge in [0.1, 0.15) is 0 Å². The minimum Gasteiger partial charge on any atom is -0.299 e. The number of thiazole rings is 1. The zero-order valence-corrected chi connectivity index (χ0v) is 16.5. The molecule has 4 fully saturated rings. The van der Waals surface area contributed by atoms with Gasteiger partial charge in [-0.2, -0.15) is 0 Å². The van der Waals surface area contributed by atoms with Gasteiger partial charge in [0, 0.05) is 12.1 Å². The number of benzene rings is 1. The molecule has 1 aromatic carbocycles. The van der Waals surface area contributed by atoms with E-state index in [4.69, 9.17) is 0 Å². The first kappa shape index (κ1) is 17.0. The molecule has 4 aliphatic rings. The summed E-state index contributed by atoms with van der Waals surface area (Å²) in [5.41, 5.74) is 0.571. The number of rotatable bonds is 4. The monoisotopic (exact) mass is 392 g/mol. The lowest BCUT2D eigenvalue weighted by molar-refractivity contribution is -0.00810. The van der Waals surface area contributed by atoms with Crippen LogP contribution in [0.4, 0.5) is 0 Å². The van der Waals surface area contributed by atoms with Gasteiger partial charge in [-0.3, -0.25) is 9.36 Å². The van der Waals surface area contributed by atoms with Gasteiger partial charge in [0.2, 0.25) is 10.0 Å². The molecule has 4 bridgehead atoms. The van der Waals surface area contributed by atoms with Crippen LogP contribution in [0.5, 0.6) is 0 Å². The minimum absolute atomic E-state index is 0.0360.